The van der Waals surface area contributed by atoms with Crippen LogP contribution in [-0.2, 0) is 4.79 Å². The third-order valence-corrected chi connectivity index (χ3v) is 5.33. The SMILES string of the molecule is COc1cc(OC)cc(C(=O)N2CCC(NC(=O)C(C)(C)CCl)CC2)c1. The number of piperidine rings is 1. The van der Waals surface area contributed by atoms with Crippen LogP contribution in [0.3, 0.4) is 0 Å². The van der Waals surface area contributed by atoms with Crippen LogP contribution in [0.25, 0.3) is 0 Å². The van der Waals surface area contributed by atoms with Gasteiger partial charge in [-0.25, -0.2) is 0 Å². The van der Waals surface area contributed by atoms with Gasteiger partial charge in [0, 0.05) is 36.6 Å². The first-order valence-electron chi connectivity index (χ1n) is 8.70. The lowest BCUT2D eigenvalue weighted by molar-refractivity contribution is -0.129. The number of amides is 2. The van der Waals surface area contributed by atoms with Gasteiger partial charge in [-0.3, -0.25) is 9.59 Å². The molecule has 0 unspecified atom stereocenters. The normalized spacial score (nSPS) is 15.5. The zero-order chi connectivity index (χ0) is 19.3. The smallest absolute Gasteiger partial charge is 0.254 e. The van der Waals surface area contributed by atoms with Crippen LogP contribution in [0.1, 0.15) is 37.0 Å². The Morgan fingerprint density at radius 2 is 1.69 bits per heavy atom. The van der Waals surface area contributed by atoms with Crippen molar-refractivity contribution in [1.82, 2.24) is 10.2 Å². The van der Waals surface area contributed by atoms with E-state index in [1.54, 1.807) is 37.3 Å². The van der Waals surface area contributed by atoms with Gasteiger partial charge in [0.2, 0.25) is 5.91 Å². The van der Waals surface area contributed by atoms with E-state index in [9.17, 15) is 9.59 Å². The summed E-state index contributed by atoms with van der Waals surface area (Å²) in [5.74, 6) is 1.33. The molecule has 1 aliphatic heterocycles. The van der Waals surface area contributed by atoms with Crippen LogP contribution >= 0.6 is 11.6 Å². The van der Waals surface area contributed by atoms with Gasteiger partial charge in [0.05, 0.1) is 19.6 Å². The van der Waals surface area contributed by atoms with E-state index in [1.165, 1.54) is 0 Å². The summed E-state index contributed by atoms with van der Waals surface area (Å²) in [4.78, 5) is 26.8. The number of nitrogens with zero attached hydrogens (tertiary/aromatic N) is 1. The standard InChI is InChI=1S/C19H27ClN2O4/c1-19(2,12-20)18(24)21-14-5-7-22(8-6-14)17(23)13-9-15(25-3)11-16(10-13)26-4/h9-11,14H,5-8,12H2,1-4H3,(H,21,24). The van der Waals surface area contributed by atoms with E-state index in [-0.39, 0.29) is 23.7 Å². The number of hydrogen-bond acceptors (Lipinski definition) is 4. The molecule has 0 saturated carbocycles. The zero-order valence-electron chi connectivity index (χ0n) is 15.8. The average Bonchev–Trinajstić information content (AvgIpc) is 2.67. The second kappa shape index (κ2) is 8.62. The van der Waals surface area contributed by atoms with Crippen LogP contribution in [0.5, 0.6) is 11.5 Å². The average molecular weight is 383 g/mol. The molecule has 0 bridgehead atoms. The number of hydrogen-bond donors (Lipinski definition) is 1. The molecule has 1 aromatic rings. The number of likely N-dealkylation sites (tertiary alicyclic amines) is 1. The topological polar surface area (TPSA) is 67.9 Å². The Bertz CT molecular complexity index is 633. The highest BCUT2D eigenvalue weighted by Gasteiger charge is 2.30. The third kappa shape index (κ3) is 4.81. The largest absolute Gasteiger partial charge is 0.497 e. The van der Waals surface area contributed by atoms with Crippen molar-refractivity contribution in [2.75, 3.05) is 33.2 Å². The number of rotatable bonds is 6. The predicted molar refractivity (Wildman–Crippen MR) is 101 cm³/mol. The number of alkyl halides is 1. The summed E-state index contributed by atoms with van der Waals surface area (Å²) in [7, 11) is 3.11. The van der Waals surface area contributed by atoms with Crippen LogP contribution in [0.15, 0.2) is 18.2 Å². The summed E-state index contributed by atoms with van der Waals surface area (Å²) in [6.07, 6.45) is 1.44. The molecule has 0 radical (unpaired) electrons. The van der Waals surface area contributed by atoms with E-state index >= 15 is 0 Å². The molecule has 0 aromatic heterocycles. The van der Waals surface area contributed by atoms with Crippen LogP contribution in [0, 0.1) is 5.41 Å². The highest BCUT2D eigenvalue weighted by atomic mass is 35.5. The maximum atomic E-state index is 12.8. The molecule has 0 spiro atoms. The van der Waals surface area contributed by atoms with E-state index < -0.39 is 5.41 Å². The highest BCUT2D eigenvalue weighted by molar-refractivity contribution is 6.19. The summed E-state index contributed by atoms with van der Waals surface area (Å²) < 4.78 is 10.5. The lowest BCUT2D eigenvalue weighted by atomic mass is 9.93. The predicted octanol–water partition coefficient (Wildman–Crippen LogP) is 2.69. The van der Waals surface area contributed by atoms with Gasteiger partial charge < -0.3 is 19.7 Å². The number of carbonyl (C=O) groups excluding carboxylic acids is 2. The van der Waals surface area contributed by atoms with Crippen molar-refractivity contribution < 1.29 is 19.1 Å². The fourth-order valence-corrected chi connectivity index (χ4v) is 2.90. The van der Waals surface area contributed by atoms with E-state index in [0.29, 0.717) is 30.2 Å². The van der Waals surface area contributed by atoms with Gasteiger partial charge >= 0.3 is 0 Å². The first-order chi connectivity index (χ1) is 12.3. The fourth-order valence-electron chi connectivity index (χ4n) is 2.78. The molecule has 0 aliphatic carbocycles. The number of nitrogens with one attached hydrogen (secondary N) is 1. The molecule has 2 rings (SSSR count). The van der Waals surface area contributed by atoms with Crippen LogP contribution in [0.2, 0.25) is 0 Å². The van der Waals surface area contributed by atoms with Crippen LogP contribution in [-0.4, -0.2) is 55.9 Å². The molecule has 1 aromatic carbocycles. The molecule has 144 valence electrons. The van der Waals surface area contributed by atoms with Gasteiger partial charge in [-0.05, 0) is 38.8 Å². The minimum Gasteiger partial charge on any atom is -0.497 e. The lowest BCUT2D eigenvalue weighted by Crippen LogP contribution is -2.49. The number of halogens is 1. The summed E-state index contributed by atoms with van der Waals surface area (Å²) in [5, 5.41) is 3.04. The molecule has 2 amide bonds. The van der Waals surface area contributed by atoms with Crippen molar-refractivity contribution in [3.8, 4) is 11.5 Å². The second-order valence-corrected chi connectivity index (χ2v) is 7.43. The van der Waals surface area contributed by atoms with E-state index in [0.717, 1.165) is 12.8 Å². The van der Waals surface area contributed by atoms with Gasteiger partial charge in [0.15, 0.2) is 0 Å². The van der Waals surface area contributed by atoms with E-state index in [4.69, 9.17) is 21.1 Å². The Morgan fingerprint density at radius 3 is 2.15 bits per heavy atom. The maximum absolute atomic E-state index is 12.8. The van der Waals surface area contributed by atoms with Crippen molar-refractivity contribution in [2.45, 2.75) is 32.7 Å². The van der Waals surface area contributed by atoms with Crippen LogP contribution < -0.4 is 14.8 Å². The molecular weight excluding hydrogens is 356 g/mol. The molecule has 1 aliphatic rings. The zero-order valence-corrected chi connectivity index (χ0v) is 16.6. The van der Waals surface area contributed by atoms with E-state index in [1.807, 2.05) is 13.8 Å². The number of ether oxygens (including phenoxy) is 2. The Labute approximate surface area is 159 Å². The fraction of sp³-hybridized carbons (Fsp3) is 0.579. The molecule has 1 fully saturated rings. The molecule has 1 saturated heterocycles. The number of benzene rings is 1. The molecule has 6 nitrogen and oxygen atoms in total. The minimum atomic E-state index is -0.592. The summed E-state index contributed by atoms with van der Waals surface area (Å²) >= 11 is 5.85. The molecule has 1 heterocycles. The summed E-state index contributed by atoms with van der Waals surface area (Å²) in [5.41, 5.74) is -0.0574. The first kappa shape index (κ1) is 20.4. The number of methoxy groups -OCH3 is 2. The van der Waals surface area contributed by atoms with Crippen molar-refractivity contribution in [3.63, 3.8) is 0 Å². The summed E-state index contributed by atoms with van der Waals surface area (Å²) in [6, 6.07) is 5.22. The quantitative estimate of drug-likeness (QED) is 0.768. The van der Waals surface area contributed by atoms with Gasteiger partial charge in [-0.15, -0.1) is 11.6 Å². The third-order valence-electron chi connectivity index (χ3n) is 4.66. The van der Waals surface area contributed by atoms with E-state index in [2.05, 4.69) is 5.32 Å². The lowest BCUT2D eigenvalue weighted by Gasteiger charge is -2.34. The Balaban J connectivity index is 1.97. The Hall–Kier alpha value is -1.95. The second-order valence-electron chi connectivity index (χ2n) is 7.16. The first-order valence-corrected chi connectivity index (χ1v) is 9.23. The minimum absolute atomic E-state index is 0.0465. The van der Waals surface area contributed by atoms with Gasteiger partial charge in [0.1, 0.15) is 11.5 Å². The van der Waals surface area contributed by atoms with Gasteiger partial charge in [-0.2, -0.15) is 0 Å². The molecule has 26 heavy (non-hydrogen) atoms. The van der Waals surface area contributed by atoms with Crippen molar-refractivity contribution >= 4 is 23.4 Å². The van der Waals surface area contributed by atoms with Crippen LogP contribution in [0.4, 0.5) is 0 Å². The molecule has 7 heteroatoms. The Morgan fingerprint density at radius 1 is 1.15 bits per heavy atom. The van der Waals surface area contributed by atoms with Crippen molar-refractivity contribution in [2.24, 2.45) is 5.41 Å². The number of carbonyl (C=O) groups is 2. The highest BCUT2D eigenvalue weighted by Crippen LogP contribution is 2.25. The van der Waals surface area contributed by atoms with Crippen molar-refractivity contribution in [1.29, 1.82) is 0 Å². The maximum Gasteiger partial charge on any atom is 0.254 e. The summed E-state index contributed by atoms with van der Waals surface area (Å²) in [6.45, 7) is 4.82. The van der Waals surface area contributed by atoms with Crippen molar-refractivity contribution in [3.05, 3.63) is 23.8 Å². The molecule has 1 N–H and O–H groups in total. The molecular formula is C19H27ClN2O4. The van der Waals surface area contributed by atoms with Gasteiger partial charge in [0.25, 0.3) is 5.91 Å². The van der Waals surface area contributed by atoms with Gasteiger partial charge in [-0.1, -0.05) is 0 Å². The Kier molecular flexibility index (Phi) is 6.75. The monoisotopic (exact) mass is 382 g/mol. The molecule has 0 atom stereocenters.